The summed E-state index contributed by atoms with van der Waals surface area (Å²) in [6.07, 6.45) is 8.26. The van der Waals surface area contributed by atoms with Gasteiger partial charge in [0.25, 0.3) is 5.91 Å². The molecule has 1 aliphatic heterocycles. The van der Waals surface area contributed by atoms with Crippen molar-refractivity contribution in [3.8, 4) is 17.1 Å². The molecule has 1 aromatic carbocycles. The second-order valence-corrected chi connectivity index (χ2v) is 8.22. The lowest BCUT2D eigenvalue weighted by molar-refractivity contribution is 0.102. The number of benzene rings is 1. The Morgan fingerprint density at radius 3 is 2.88 bits per heavy atom. The molecule has 1 N–H and O–H groups in total. The van der Waals surface area contributed by atoms with Gasteiger partial charge in [0.1, 0.15) is 17.1 Å². The van der Waals surface area contributed by atoms with Crippen LogP contribution in [0.3, 0.4) is 0 Å². The number of rotatable bonds is 8. The van der Waals surface area contributed by atoms with E-state index in [1.54, 1.807) is 10.6 Å². The maximum absolute atomic E-state index is 13.0. The van der Waals surface area contributed by atoms with Crippen LogP contribution in [0.1, 0.15) is 35.3 Å². The van der Waals surface area contributed by atoms with Crippen LogP contribution in [0.4, 0.5) is 5.69 Å². The highest BCUT2D eigenvalue weighted by molar-refractivity contribution is 6.04. The van der Waals surface area contributed by atoms with Gasteiger partial charge in [0.2, 0.25) is 12.2 Å². The van der Waals surface area contributed by atoms with E-state index in [4.69, 9.17) is 9.26 Å². The van der Waals surface area contributed by atoms with Crippen molar-refractivity contribution in [3.63, 3.8) is 0 Å². The van der Waals surface area contributed by atoms with Gasteiger partial charge in [-0.1, -0.05) is 17.3 Å². The number of aromatic nitrogens is 4. The summed E-state index contributed by atoms with van der Waals surface area (Å²) < 4.78 is 12.5. The number of nitrogens with one attached hydrogen (secondary N) is 1. The molecule has 170 valence electrons. The molecule has 1 amide bonds. The van der Waals surface area contributed by atoms with Gasteiger partial charge in [-0.15, -0.1) is 0 Å². The van der Waals surface area contributed by atoms with Gasteiger partial charge in [0.05, 0.1) is 12.8 Å². The van der Waals surface area contributed by atoms with Crippen LogP contribution >= 0.6 is 0 Å². The number of carbonyl (C=O) groups is 1. The normalized spacial score (nSPS) is 14.1. The second kappa shape index (κ2) is 9.41. The maximum atomic E-state index is 13.0. The van der Waals surface area contributed by atoms with Gasteiger partial charge in [0.15, 0.2) is 0 Å². The Kier molecular flexibility index (Phi) is 6.03. The summed E-state index contributed by atoms with van der Waals surface area (Å²) in [4.78, 5) is 23.9. The van der Waals surface area contributed by atoms with E-state index in [-0.39, 0.29) is 5.91 Å². The van der Waals surface area contributed by atoms with E-state index in [1.165, 1.54) is 32.3 Å². The highest BCUT2D eigenvalue weighted by Crippen LogP contribution is 2.24. The maximum Gasteiger partial charge on any atom is 0.274 e. The molecule has 0 radical (unpaired) electrons. The molecule has 3 aromatic heterocycles. The molecule has 4 aromatic rings. The SMILES string of the molecule is Cc1ccc(-c2ncon2)cc1NC(=O)c1cnc2cc(OCCCN3CCCC3)ccn12. The van der Waals surface area contributed by atoms with Crippen molar-refractivity contribution >= 4 is 17.2 Å². The Bertz CT molecular complexity index is 1240. The number of anilines is 1. The standard InChI is InChI=1S/C24H26N6O3/c1-17-5-6-18(23-26-16-33-28-23)13-20(17)27-24(31)21-15-25-22-14-19(7-11-30(21)22)32-12-4-10-29-8-2-3-9-29/h5-7,11,13-16H,2-4,8-10,12H2,1H3,(H,27,31). The molecule has 0 unspecified atom stereocenters. The van der Waals surface area contributed by atoms with Crippen molar-refractivity contribution in [3.05, 3.63) is 60.4 Å². The summed E-state index contributed by atoms with van der Waals surface area (Å²) in [6, 6.07) is 9.34. The minimum absolute atomic E-state index is 0.254. The number of likely N-dealkylation sites (tertiary alicyclic amines) is 1. The second-order valence-electron chi connectivity index (χ2n) is 8.22. The minimum atomic E-state index is -0.254. The summed E-state index contributed by atoms with van der Waals surface area (Å²) in [6.45, 7) is 6.06. The topological polar surface area (TPSA) is 97.8 Å². The molecule has 33 heavy (non-hydrogen) atoms. The number of hydrogen-bond acceptors (Lipinski definition) is 7. The Labute approximate surface area is 191 Å². The number of fused-ring (bicyclic) bond motifs is 1. The van der Waals surface area contributed by atoms with Gasteiger partial charge in [-0.2, -0.15) is 4.98 Å². The fourth-order valence-corrected chi connectivity index (χ4v) is 4.08. The van der Waals surface area contributed by atoms with Gasteiger partial charge >= 0.3 is 0 Å². The van der Waals surface area contributed by atoms with Crippen molar-refractivity contribution in [2.75, 3.05) is 31.6 Å². The Morgan fingerprint density at radius 2 is 2.06 bits per heavy atom. The van der Waals surface area contributed by atoms with Gasteiger partial charge in [-0.25, -0.2) is 4.98 Å². The molecule has 9 nitrogen and oxygen atoms in total. The summed E-state index contributed by atoms with van der Waals surface area (Å²) in [5.74, 6) is 0.966. The van der Waals surface area contributed by atoms with Crippen molar-refractivity contribution < 1.29 is 14.1 Å². The smallest absolute Gasteiger partial charge is 0.274 e. The third-order valence-corrected chi connectivity index (χ3v) is 5.91. The van der Waals surface area contributed by atoms with Gasteiger partial charge in [-0.3, -0.25) is 9.20 Å². The first-order valence-corrected chi connectivity index (χ1v) is 11.2. The molecular formula is C24H26N6O3. The van der Waals surface area contributed by atoms with E-state index < -0.39 is 0 Å². The van der Waals surface area contributed by atoms with E-state index in [1.807, 2.05) is 43.5 Å². The van der Waals surface area contributed by atoms with Crippen LogP contribution in [-0.2, 0) is 0 Å². The molecule has 1 saturated heterocycles. The molecule has 9 heteroatoms. The lowest BCUT2D eigenvalue weighted by atomic mass is 10.1. The zero-order valence-corrected chi connectivity index (χ0v) is 18.5. The van der Waals surface area contributed by atoms with Crippen LogP contribution in [0, 0.1) is 6.92 Å². The number of hydrogen-bond donors (Lipinski definition) is 1. The van der Waals surface area contributed by atoms with Crippen molar-refractivity contribution in [1.82, 2.24) is 24.4 Å². The van der Waals surface area contributed by atoms with Gasteiger partial charge in [0, 0.05) is 30.1 Å². The third-order valence-electron chi connectivity index (χ3n) is 5.91. The number of pyridine rings is 1. The Balaban J connectivity index is 1.25. The van der Waals surface area contributed by atoms with Crippen molar-refractivity contribution in [1.29, 1.82) is 0 Å². The number of aryl methyl sites for hydroxylation is 1. The Hall–Kier alpha value is -3.72. The molecule has 0 saturated carbocycles. The zero-order valence-electron chi connectivity index (χ0n) is 18.5. The molecule has 0 spiro atoms. The van der Waals surface area contributed by atoms with E-state index in [9.17, 15) is 4.79 Å². The summed E-state index contributed by atoms with van der Waals surface area (Å²) in [7, 11) is 0. The van der Waals surface area contributed by atoms with Crippen LogP contribution in [0.25, 0.3) is 17.0 Å². The van der Waals surface area contributed by atoms with Crippen molar-refractivity contribution in [2.24, 2.45) is 0 Å². The highest BCUT2D eigenvalue weighted by atomic mass is 16.5. The first-order chi connectivity index (χ1) is 16.2. The van der Waals surface area contributed by atoms with Crippen molar-refractivity contribution in [2.45, 2.75) is 26.2 Å². The first kappa shape index (κ1) is 21.1. The van der Waals surface area contributed by atoms with E-state index in [0.717, 1.165) is 29.8 Å². The summed E-state index contributed by atoms with van der Waals surface area (Å²) >= 11 is 0. The predicted molar refractivity (Wildman–Crippen MR) is 123 cm³/mol. The molecular weight excluding hydrogens is 420 g/mol. The summed E-state index contributed by atoms with van der Waals surface area (Å²) in [5.41, 5.74) is 3.46. The van der Waals surface area contributed by atoms with Crippen LogP contribution in [0.15, 0.2) is 53.6 Å². The number of imidazole rings is 1. The average Bonchev–Trinajstić information content (AvgIpc) is 3.60. The van der Waals surface area contributed by atoms with Gasteiger partial charge in [-0.05, 0) is 57.0 Å². The molecule has 0 bridgehead atoms. The molecule has 1 fully saturated rings. The van der Waals surface area contributed by atoms with Gasteiger partial charge < -0.3 is 19.5 Å². The fourth-order valence-electron chi connectivity index (χ4n) is 4.08. The van der Waals surface area contributed by atoms with E-state index in [2.05, 4.69) is 25.3 Å². The lowest BCUT2D eigenvalue weighted by Gasteiger charge is -2.14. The van der Waals surface area contributed by atoms with Crippen LogP contribution < -0.4 is 10.1 Å². The summed E-state index contributed by atoms with van der Waals surface area (Å²) in [5, 5.41) is 6.82. The predicted octanol–water partition coefficient (Wildman–Crippen LogP) is 3.81. The molecule has 0 aliphatic carbocycles. The van der Waals surface area contributed by atoms with E-state index in [0.29, 0.717) is 29.5 Å². The average molecular weight is 447 g/mol. The number of nitrogens with zero attached hydrogens (tertiary/aromatic N) is 5. The molecule has 5 rings (SSSR count). The lowest BCUT2D eigenvalue weighted by Crippen LogP contribution is -2.21. The van der Waals surface area contributed by atoms with Crippen LogP contribution in [0.2, 0.25) is 0 Å². The van der Waals surface area contributed by atoms with E-state index >= 15 is 0 Å². The number of carbonyl (C=O) groups excluding carboxylic acids is 1. The zero-order chi connectivity index (χ0) is 22.6. The molecule has 4 heterocycles. The first-order valence-electron chi connectivity index (χ1n) is 11.2. The third kappa shape index (κ3) is 4.73. The number of ether oxygens (including phenoxy) is 1. The highest BCUT2D eigenvalue weighted by Gasteiger charge is 2.15. The molecule has 1 aliphatic rings. The Morgan fingerprint density at radius 1 is 1.18 bits per heavy atom. The largest absolute Gasteiger partial charge is 0.493 e. The monoisotopic (exact) mass is 446 g/mol. The van der Waals surface area contributed by atoms with Crippen LogP contribution in [0.5, 0.6) is 5.75 Å². The molecule has 0 atom stereocenters. The number of amides is 1. The minimum Gasteiger partial charge on any atom is -0.493 e. The quantitative estimate of drug-likeness (QED) is 0.411. The fraction of sp³-hybridized carbons (Fsp3) is 0.333. The van der Waals surface area contributed by atoms with Crippen LogP contribution in [-0.4, -0.2) is 56.6 Å².